The average molecular weight is 467 g/mol. The van der Waals surface area contributed by atoms with Crippen LogP contribution in [0.3, 0.4) is 0 Å². The van der Waals surface area contributed by atoms with Gasteiger partial charge in [-0.05, 0) is 37.3 Å². The third-order valence-electron chi connectivity index (χ3n) is 6.25. The van der Waals surface area contributed by atoms with Crippen molar-refractivity contribution >= 4 is 31.6 Å². The van der Waals surface area contributed by atoms with Crippen LogP contribution in [0.25, 0.3) is 21.8 Å². The van der Waals surface area contributed by atoms with E-state index in [0.717, 1.165) is 16.3 Å². The topological polar surface area (TPSA) is 107 Å². The van der Waals surface area contributed by atoms with Gasteiger partial charge in [0.25, 0.3) is 0 Å². The van der Waals surface area contributed by atoms with Gasteiger partial charge < -0.3 is 5.11 Å². The molecule has 1 aliphatic heterocycles. The summed E-state index contributed by atoms with van der Waals surface area (Å²) in [5, 5.41) is 12.5. The smallest absolute Gasteiger partial charge is 0.329 e. The second-order valence-corrected chi connectivity index (χ2v) is 11.6. The minimum absolute atomic E-state index is 0.0352. The summed E-state index contributed by atoms with van der Waals surface area (Å²) in [6.45, 7) is 3.70. The molecule has 0 amide bonds. The van der Waals surface area contributed by atoms with E-state index in [4.69, 9.17) is 0 Å². The molecular weight excluding hydrogens is 440 g/mol. The lowest BCUT2D eigenvalue weighted by atomic mass is 9.93. The van der Waals surface area contributed by atoms with Crippen LogP contribution in [-0.4, -0.2) is 49.7 Å². The lowest BCUT2D eigenvalue weighted by Gasteiger charge is -2.21. The summed E-state index contributed by atoms with van der Waals surface area (Å²) in [5.41, 5.74) is 1.65. The molecule has 4 heterocycles. The molecule has 9 heteroatoms. The molecule has 33 heavy (non-hydrogen) atoms. The summed E-state index contributed by atoms with van der Waals surface area (Å²) in [6, 6.07) is 9.22. The van der Waals surface area contributed by atoms with E-state index in [1.807, 2.05) is 24.3 Å². The van der Waals surface area contributed by atoms with Crippen LogP contribution in [0.2, 0.25) is 0 Å². The predicted octanol–water partition coefficient (Wildman–Crippen LogP) is 2.47. The molecule has 1 N–H and O–H groups in total. The van der Waals surface area contributed by atoms with Gasteiger partial charge in [0, 0.05) is 24.2 Å². The normalized spacial score (nSPS) is 18.3. The van der Waals surface area contributed by atoms with Crippen LogP contribution in [0, 0.1) is 0 Å². The highest BCUT2D eigenvalue weighted by atomic mass is 32.2. The van der Waals surface area contributed by atoms with E-state index < -0.39 is 21.5 Å². The van der Waals surface area contributed by atoms with Crippen LogP contribution in [-0.2, 0) is 22.8 Å². The standard InChI is InChI=1S/C24H26N4O4S/c1-24(2,30)11-19-18-6-4-3-5-16(18)12-26-20(19)14-27-22-13-25-9-7-21(22)28(23(27)29)17-8-10-33(31,32)15-17/h3-7,9,12-13,17,30H,8,10-11,14-15H2,1-2H3. The second kappa shape index (κ2) is 7.78. The molecule has 3 aromatic heterocycles. The monoisotopic (exact) mass is 466 g/mol. The van der Waals surface area contributed by atoms with Crippen molar-refractivity contribution in [2.24, 2.45) is 0 Å². The Morgan fingerprint density at radius 3 is 2.67 bits per heavy atom. The molecule has 0 saturated carbocycles. The molecule has 1 unspecified atom stereocenters. The highest BCUT2D eigenvalue weighted by molar-refractivity contribution is 7.91. The van der Waals surface area contributed by atoms with Gasteiger partial charge in [-0.2, -0.15) is 0 Å². The maximum Gasteiger partial charge on any atom is 0.329 e. The van der Waals surface area contributed by atoms with Gasteiger partial charge in [-0.25, -0.2) is 13.2 Å². The van der Waals surface area contributed by atoms with Gasteiger partial charge in [0.1, 0.15) is 0 Å². The molecular formula is C24H26N4O4S. The number of imidazole rings is 1. The Hall–Kier alpha value is -3.04. The summed E-state index contributed by atoms with van der Waals surface area (Å²) in [4.78, 5) is 22.4. The van der Waals surface area contributed by atoms with Crippen LogP contribution in [0.5, 0.6) is 0 Å². The number of sulfone groups is 1. The van der Waals surface area contributed by atoms with Crippen LogP contribution in [0.1, 0.15) is 37.6 Å². The first-order valence-electron chi connectivity index (χ1n) is 11.0. The minimum atomic E-state index is -3.15. The molecule has 1 saturated heterocycles. The Kier molecular flexibility index (Phi) is 5.13. The predicted molar refractivity (Wildman–Crippen MR) is 127 cm³/mol. The van der Waals surface area contributed by atoms with Crippen LogP contribution in [0.15, 0.2) is 53.7 Å². The number of pyridine rings is 2. The summed E-state index contributed by atoms with van der Waals surface area (Å²) in [7, 11) is -3.15. The first-order chi connectivity index (χ1) is 15.6. The summed E-state index contributed by atoms with van der Waals surface area (Å²) < 4.78 is 27.4. The summed E-state index contributed by atoms with van der Waals surface area (Å²) in [6.07, 6.45) is 5.82. The number of benzene rings is 1. The summed E-state index contributed by atoms with van der Waals surface area (Å²) in [5.74, 6) is 0.0519. The van der Waals surface area contributed by atoms with Gasteiger partial charge in [0.2, 0.25) is 0 Å². The molecule has 172 valence electrons. The zero-order valence-corrected chi connectivity index (χ0v) is 19.4. The van der Waals surface area contributed by atoms with E-state index in [1.54, 1.807) is 47.6 Å². The molecule has 1 fully saturated rings. The van der Waals surface area contributed by atoms with E-state index >= 15 is 0 Å². The minimum Gasteiger partial charge on any atom is -0.390 e. The van der Waals surface area contributed by atoms with Crippen molar-refractivity contribution in [3.63, 3.8) is 0 Å². The Morgan fingerprint density at radius 1 is 1.15 bits per heavy atom. The largest absolute Gasteiger partial charge is 0.390 e. The molecule has 1 aromatic carbocycles. The van der Waals surface area contributed by atoms with Crippen molar-refractivity contribution in [2.45, 2.75) is 44.9 Å². The van der Waals surface area contributed by atoms with Crippen molar-refractivity contribution in [2.75, 3.05) is 11.5 Å². The summed E-state index contributed by atoms with van der Waals surface area (Å²) >= 11 is 0. The fraction of sp³-hybridized carbons (Fsp3) is 0.375. The van der Waals surface area contributed by atoms with Crippen molar-refractivity contribution < 1.29 is 13.5 Å². The number of aromatic nitrogens is 4. The molecule has 1 aliphatic rings. The number of hydrogen-bond donors (Lipinski definition) is 1. The van der Waals surface area contributed by atoms with E-state index in [0.29, 0.717) is 29.6 Å². The number of aliphatic hydroxyl groups is 1. The van der Waals surface area contributed by atoms with E-state index in [9.17, 15) is 18.3 Å². The lowest BCUT2D eigenvalue weighted by molar-refractivity contribution is 0.0810. The van der Waals surface area contributed by atoms with Crippen molar-refractivity contribution in [3.05, 3.63) is 70.7 Å². The molecule has 8 nitrogen and oxygen atoms in total. The first kappa shape index (κ1) is 21.8. The molecule has 0 bridgehead atoms. The maximum absolute atomic E-state index is 13.6. The fourth-order valence-electron chi connectivity index (χ4n) is 4.79. The number of rotatable bonds is 5. The van der Waals surface area contributed by atoms with E-state index in [2.05, 4.69) is 9.97 Å². The Bertz CT molecular complexity index is 1530. The highest BCUT2D eigenvalue weighted by Crippen LogP contribution is 2.28. The molecule has 0 aliphatic carbocycles. The number of hydrogen-bond acceptors (Lipinski definition) is 6. The number of fused-ring (bicyclic) bond motifs is 2. The van der Waals surface area contributed by atoms with Crippen LogP contribution in [0.4, 0.5) is 0 Å². The van der Waals surface area contributed by atoms with Gasteiger partial charge in [0.15, 0.2) is 9.84 Å². The highest BCUT2D eigenvalue weighted by Gasteiger charge is 2.32. The molecule has 0 spiro atoms. The first-order valence-corrected chi connectivity index (χ1v) is 12.8. The molecule has 1 atom stereocenters. The third kappa shape index (κ3) is 4.06. The molecule has 5 rings (SSSR count). The zero-order valence-electron chi connectivity index (χ0n) is 18.6. The van der Waals surface area contributed by atoms with Gasteiger partial charge >= 0.3 is 5.69 Å². The third-order valence-corrected chi connectivity index (χ3v) is 8.00. The zero-order chi connectivity index (χ0) is 23.4. The lowest BCUT2D eigenvalue weighted by Crippen LogP contribution is -2.29. The van der Waals surface area contributed by atoms with Crippen molar-refractivity contribution in [3.8, 4) is 0 Å². The Balaban J connectivity index is 1.67. The van der Waals surface area contributed by atoms with Gasteiger partial charge in [0.05, 0.1) is 52.6 Å². The molecule has 0 radical (unpaired) electrons. The van der Waals surface area contributed by atoms with Crippen LogP contribution < -0.4 is 5.69 Å². The van der Waals surface area contributed by atoms with E-state index in [1.165, 1.54) is 0 Å². The quantitative estimate of drug-likeness (QED) is 0.484. The van der Waals surface area contributed by atoms with Gasteiger partial charge in [-0.15, -0.1) is 0 Å². The fourth-order valence-corrected chi connectivity index (χ4v) is 6.49. The van der Waals surface area contributed by atoms with Gasteiger partial charge in [-0.1, -0.05) is 24.3 Å². The maximum atomic E-state index is 13.6. The van der Waals surface area contributed by atoms with Crippen molar-refractivity contribution in [1.29, 1.82) is 0 Å². The van der Waals surface area contributed by atoms with E-state index in [-0.39, 0.29) is 23.7 Å². The second-order valence-electron chi connectivity index (χ2n) is 9.42. The Labute approximate surface area is 191 Å². The molecule has 4 aromatic rings. The Morgan fingerprint density at radius 2 is 1.94 bits per heavy atom. The SMILES string of the molecule is CC(C)(O)Cc1c(Cn2c(=O)n(C3CCS(=O)(=O)C3)c3ccncc32)ncc2ccccc12. The van der Waals surface area contributed by atoms with Crippen molar-refractivity contribution in [1.82, 2.24) is 19.1 Å². The van der Waals surface area contributed by atoms with Crippen LogP contribution >= 0.6 is 0 Å². The average Bonchev–Trinajstić information content (AvgIpc) is 3.25. The van der Waals surface area contributed by atoms with Gasteiger partial charge in [-0.3, -0.25) is 19.1 Å². The number of nitrogens with zero attached hydrogens (tertiary/aromatic N) is 4.